The number of esters is 1. The molecule has 0 radical (unpaired) electrons. The number of carbonyl (C=O) groups is 1. The van der Waals surface area contributed by atoms with E-state index in [1.54, 1.807) is 0 Å². The van der Waals surface area contributed by atoms with Gasteiger partial charge in [-0.3, -0.25) is 4.79 Å². The molecular weight excluding hydrogens is 252 g/mol. The van der Waals surface area contributed by atoms with Crippen LogP contribution in [0, 0.1) is 5.41 Å². The zero-order chi connectivity index (χ0) is 14.9. The molecule has 0 saturated heterocycles. The lowest BCUT2D eigenvalue weighted by Gasteiger charge is -2.23. The number of allylic oxidation sites excluding steroid dienone is 1. The van der Waals surface area contributed by atoms with E-state index in [2.05, 4.69) is 32.5 Å². The van der Waals surface area contributed by atoms with Crippen molar-refractivity contribution in [2.24, 2.45) is 5.41 Å². The van der Waals surface area contributed by atoms with E-state index < -0.39 is 8.07 Å². The van der Waals surface area contributed by atoms with Gasteiger partial charge in [0.1, 0.15) is 0 Å². The summed E-state index contributed by atoms with van der Waals surface area (Å²) in [5.41, 5.74) is 2.11. The van der Waals surface area contributed by atoms with E-state index >= 15 is 0 Å². The molecule has 19 heavy (non-hydrogen) atoms. The highest BCUT2D eigenvalue weighted by Gasteiger charge is 2.23. The van der Waals surface area contributed by atoms with Gasteiger partial charge in [0.25, 0.3) is 0 Å². The summed E-state index contributed by atoms with van der Waals surface area (Å²) in [6, 6.07) is 3.99. The van der Waals surface area contributed by atoms with Gasteiger partial charge in [-0.1, -0.05) is 50.7 Å². The highest BCUT2D eigenvalue weighted by atomic mass is 28.3. The van der Waals surface area contributed by atoms with Crippen molar-refractivity contribution in [1.29, 1.82) is 0 Å². The van der Waals surface area contributed by atoms with Gasteiger partial charge in [-0.15, -0.1) is 0 Å². The van der Waals surface area contributed by atoms with Crippen molar-refractivity contribution in [2.75, 3.05) is 6.61 Å². The Morgan fingerprint density at radius 2 is 1.63 bits per heavy atom. The minimum absolute atomic E-state index is 0.101. The number of hydrogen-bond acceptors (Lipinski definition) is 2. The van der Waals surface area contributed by atoms with Crippen molar-refractivity contribution < 1.29 is 9.53 Å². The van der Waals surface area contributed by atoms with Crippen molar-refractivity contribution in [1.82, 2.24) is 0 Å². The SMILES string of the molecule is CC[Si](/C=C/CCCOC(=O)C(C)(C)C)(CC)CC. The number of unbranched alkanes of at least 4 members (excludes halogenated alkanes) is 1. The van der Waals surface area contributed by atoms with E-state index in [0.717, 1.165) is 12.8 Å². The third-order valence-corrected chi connectivity index (χ3v) is 9.11. The van der Waals surface area contributed by atoms with Gasteiger partial charge in [0.05, 0.1) is 20.1 Å². The molecule has 0 amide bonds. The molecule has 2 nitrogen and oxygen atoms in total. The predicted octanol–water partition coefficient (Wildman–Crippen LogP) is 4.96. The van der Waals surface area contributed by atoms with E-state index in [9.17, 15) is 4.79 Å². The molecule has 3 heteroatoms. The summed E-state index contributed by atoms with van der Waals surface area (Å²) in [6.45, 7) is 13.1. The van der Waals surface area contributed by atoms with Crippen molar-refractivity contribution in [3.8, 4) is 0 Å². The van der Waals surface area contributed by atoms with Crippen LogP contribution in [0.4, 0.5) is 0 Å². The smallest absolute Gasteiger partial charge is 0.311 e. The third kappa shape index (κ3) is 6.95. The monoisotopic (exact) mass is 284 g/mol. The third-order valence-electron chi connectivity index (χ3n) is 3.94. The fourth-order valence-corrected chi connectivity index (χ4v) is 4.89. The molecule has 0 unspecified atom stereocenters. The van der Waals surface area contributed by atoms with Crippen LogP contribution in [0.2, 0.25) is 18.1 Å². The molecule has 0 aromatic rings. The summed E-state index contributed by atoms with van der Waals surface area (Å²) in [7, 11) is -1.12. The maximum atomic E-state index is 11.6. The minimum Gasteiger partial charge on any atom is -0.465 e. The molecule has 0 aromatic carbocycles. The highest BCUT2D eigenvalue weighted by Crippen LogP contribution is 2.22. The summed E-state index contributed by atoms with van der Waals surface area (Å²) >= 11 is 0. The second kappa shape index (κ2) is 8.57. The molecule has 112 valence electrons. The first kappa shape index (κ1) is 18.4. The molecule has 0 heterocycles. The molecule has 0 aliphatic rings. The lowest BCUT2D eigenvalue weighted by molar-refractivity contribution is -0.153. The predicted molar refractivity (Wildman–Crippen MR) is 86.0 cm³/mol. The van der Waals surface area contributed by atoms with Gasteiger partial charge in [-0.05, 0) is 33.6 Å². The first-order valence-corrected chi connectivity index (χ1v) is 10.4. The minimum atomic E-state index is -1.12. The Morgan fingerprint density at radius 1 is 1.11 bits per heavy atom. The Hall–Kier alpha value is -0.573. The molecule has 0 aromatic heterocycles. The zero-order valence-corrected chi connectivity index (χ0v) is 14.7. The largest absolute Gasteiger partial charge is 0.465 e. The van der Waals surface area contributed by atoms with E-state index in [0.29, 0.717) is 6.61 Å². The average molecular weight is 285 g/mol. The van der Waals surface area contributed by atoms with Crippen molar-refractivity contribution in [3.63, 3.8) is 0 Å². The van der Waals surface area contributed by atoms with Gasteiger partial charge < -0.3 is 4.74 Å². The molecule has 0 N–H and O–H groups in total. The van der Waals surface area contributed by atoms with E-state index in [-0.39, 0.29) is 11.4 Å². The standard InChI is InChI=1S/C16H32O2Si/c1-7-19(8-2,9-3)14-12-10-11-13-18-15(17)16(4,5)6/h12,14H,7-11,13H2,1-6H3/b14-12+. The van der Waals surface area contributed by atoms with Crippen LogP contribution in [-0.4, -0.2) is 20.7 Å². The molecule has 0 spiro atoms. The fraction of sp³-hybridized carbons (Fsp3) is 0.812. The summed E-state index contributed by atoms with van der Waals surface area (Å²) in [6.07, 6.45) is 4.26. The Kier molecular flexibility index (Phi) is 8.31. The Bertz CT molecular complexity index is 277. The van der Waals surface area contributed by atoms with Crippen LogP contribution in [-0.2, 0) is 9.53 Å². The molecule has 0 rings (SSSR count). The van der Waals surface area contributed by atoms with Crippen LogP contribution in [0.5, 0.6) is 0 Å². The maximum absolute atomic E-state index is 11.6. The van der Waals surface area contributed by atoms with Gasteiger partial charge >= 0.3 is 5.97 Å². The Balaban J connectivity index is 3.95. The summed E-state index contributed by atoms with van der Waals surface area (Å²) in [5.74, 6) is -0.101. The van der Waals surface area contributed by atoms with Crippen LogP contribution in [0.25, 0.3) is 0 Å². The Morgan fingerprint density at radius 3 is 2.05 bits per heavy atom. The zero-order valence-electron chi connectivity index (χ0n) is 13.7. The van der Waals surface area contributed by atoms with Crippen molar-refractivity contribution in [3.05, 3.63) is 11.8 Å². The summed E-state index contributed by atoms with van der Waals surface area (Å²) in [4.78, 5) is 11.6. The lowest BCUT2D eigenvalue weighted by atomic mass is 9.97. The van der Waals surface area contributed by atoms with Gasteiger partial charge in [0.15, 0.2) is 0 Å². The van der Waals surface area contributed by atoms with Crippen LogP contribution in [0.3, 0.4) is 0 Å². The number of carbonyl (C=O) groups excluding carboxylic acids is 1. The molecule has 0 fully saturated rings. The number of rotatable bonds is 8. The molecule has 0 aliphatic heterocycles. The summed E-state index contributed by atoms with van der Waals surface area (Å²) in [5, 5.41) is 0. The van der Waals surface area contributed by atoms with Crippen LogP contribution < -0.4 is 0 Å². The van der Waals surface area contributed by atoms with Crippen LogP contribution >= 0.6 is 0 Å². The van der Waals surface area contributed by atoms with Crippen LogP contribution in [0.15, 0.2) is 11.8 Å². The topological polar surface area (TPSA) is 26.3 Å². The fourth-order valence-electron chi connectivity index (χ4n) is 2.02. The van der Waals surface area contributed by atoms with Crippen molar-refractivity contribution >= 4 is 14.0 Å². The molecule has 0 bridgehead atoms. The highest BCUT2D eigenvalue weighted by molar-refractivity contribution is 6.84. The summed E-state index contributed by atoms with van der Waals surface area (Å²) < 4.78 is 5.26. The quantitative estimate of drug-likeness (QED) is 0.358. The van der Waals surface area contributed by atoms with E-state index in [1.165, 1.54) is 18.1 Å². The van der Waals surface area contributed by atoms with Gasteiger partial charge in [-0.2, -0.15) is 0 Å². The van der Waals surface area contributed by atoms with Gasteiger partial charge in [0.2, 0.25) is 0 Å². The van der Waals surface area contributed by atoms with E-state index in [4.69, 9.17) is 4.74 Å². The molecule has 0 atom stereocenters. The van der Waals surface area contributed by atoms with Gasteiger partial charge in [0, 0.05) is 0 Å². The van der Waals surface area contributed by atoms with Crippen molar-refractivity contribution in [2.45, 2.75) is 72.5 Å². The lowest BCUT2D eigenvalue weighted by Crippen LogP contribution is -2.28. The molecule has 0 saturated carbocycles. The van der Waals surface area contributed by atoms with E-state index in [1.807, 2.05) is 20.8 Å². The average Bonchev–Trinajstić information content (AvgIpc) is 2.37. The normalized spacial score (nSPS) is 12.9. The first-order valence-electron chi connectivity index (χ1n) is 7.66. The molecule has 0 aliphatic carbocycles. The molecular formula is C16H32O2Si. The number of ether oxygens (including phenoxy) is 1. The van der Waals surface area contributed by atoms with Crippen LogP contribution in [0.1, 0.15) is 54.4 Å². The second-order valence-corrected chi connectivity index (χ2v) is 11.5. The number of hydrogen-bond donors (Lipinski definition) is 0. The second-order valence-electron chi connectivity index (χ2n) is 6.35. The Labute approximate surface area is 120 Å². The first-order chi connectivity index (χ1) is 8.81. The van der Waals surface area contributed by atoms with Gasteiger partial charge in [-0.25, -0.2) is 0 Å². The maximum Gasteiger partial charge on any atom is 0.311 e.